The average Bonchev–Trinajstić information content (AvgIpc) is 2.65. The number of hydrogen-bond acceptors (Lipinski definition) is 2. The lowest BCUT2D eigenvalue weighted by molar-refractivity contribution is -0.136. The molecule has 1 aliphatic rings. The van der Waals surface area contributed by atoms with Gasteiger partial charge >= 0.3 is 0 Å². The molecule has 1 heterocycles. The van der Waals surface area contributed by atoms with E-state index in [1.165, 1.54) is 11.1 Å². The van der Waals surface area contributed by atoms with Gasteiger partial charge in [-0.1, -0.05) is 61.5 Å². The van der Waals surface area contributed by atoms with Gasteiger partial charge in [-0.2, -0.15) is 0 Å². The summed E-state index contributed by atoms with van der Waals surface area (Å²) in [5, 5.41) is 3.43. The summed E-state index contributed by atoms with van der Waals surface area (Å²) in [7, 11) is 0. The largest absolute Gasteiger partial charge is 0.334 e. The number of fused-ring (bicyclic) bond motifs is 1. The summed E-state index contributed by atoms with van der Waals surface area (Å²) < 4.78 is 0. The Bertz CT molecular complexity index is 683. The zero-order valence-electron chi connectivity index (χ0n) is 14.5. The van der Waals surface area contributed by atoms with Gasteiger partial charge in [0.15, 0.2) is 0 Å². The SMILES string of the molecule is CCC(C)N(Cc1ccccc1)C(=O)C1NCCc2ccccc21. The molecule has 3 heteroatoms. The van der Waals surface area contributed by atoms with Crippen molar-refractivity contribution in [2.24, 2.45) is 0 Å². The second-order valence-electron chi connectivity index (χ2n) is 6.54. The van der Waals surface area contributed by atoms with Crippen molar-refractivity contribution in [3.8, 4) is 0 Å². The summed E-state index contributed by atoms with van der Waals surface area (Å²) in [5.41, 5.74) is 3.60. The number of hydrogen-bond donors (Lipinski definition) is 1. The molecule has 0 aromatic heterocycles. The Morgan fingerprint density at radius 3 is 2.62 bits per heavy atom. The fourth-order valence-electron chi connectivity index (χ4n) is 3.34. The van der Waals surface area contributed by atoms with Crippen LogP contribution in [0, 0.1) is 0 Å². The van der Waals surface area contributed by atoms with E-state index in [9.17, 15) is 4.79 Å². The lowest BCUT2D eigenvalue weighted by Crippen LogP contribution is -2.46. The van der Waals surface area contributed by atoms with Crippen molar-refractivity contribution in [3.63, 3.8) is 0 Å². The quantitative estimate of drug-likeness (QED) is 0.910. The molecule has 3 nitrogen and oxygen atoms in total. The van der Waals surface area contributed by atoms with Gasteiger partial charge < -0.3 is 10.2 Å². The van der Waals surface area contributed by atoms with E-state index in [-0.39, 0.29) is 18.0 Å². The van der Waals surface area contributed by atoms with Crippen LogP contribution in [0.15, 0.2) is 54.6 Å². The smallest absolute Gasteiger partial charge is 0.244 e. The highest BCUT2D eigenvalue weighted by atomic mass is 16.2. The van der Waals surface area contributed by atoms with Gasteiger partial charge in [0.05, 0.1) is 0 Å². The first kappa shape index (κ1) is 16.7. The standard InChI is InChI=1S/C21H26N2O/c1-3-16(2)23(15-17-9-5-4-6-10-17)21(24)20-19-12-8-7-11-18(19)13-14-22-20/h4-12,16,20,22H,3,13-15H2,1-2H3. The molecule has 2 aromatic carbocycles. The Kier molecular flexibility index (Phi) is 5.31. The zero-order valence-corrected chi connectivity index (χ0v) is 14.5. The van der Waals surface area contributed by atoms with Crippen LogP contribution < -0.4 is 5.32 Å². The van der Waals surface area contributed by atoms with Gasteiger partial charge in [-0.15, -0.1) is 0 Å². The van der Waals surface area contributed by atoms with Crippen molar-refractivity contribution in [2.45, 2.75) is 45.3 Å². The molecule has 1 aliphatic heterocycles. The normalized spacial score (nSPS) is 17.8. The van der Waals surface area contributed by atoms with Crippen molar-refractivity contribution in [1.29, 1.82) is 0 Å². The van der Waals surface area contributed by atoms with Crippen LogP contribution in [0.2, 0.25) is 0 Å². The molecule has 1 amide bonds. The van der Waals surface area contributed by atoms with Crippen LogP contribution in [0.25, 0.3) is 0 Å². The number of nitrogens with one attached hydrogen (secondary N) is 1. The van der Waals surface area contributed by atoms with E-state index < -0.39 is 0 Å². The molecule has 0 saturated heterocycles. The maximum Gasteiger partial charge on any atom is 0.244 e. The molecule has 0 spiro atoms. The first-order chi connectivity index (χ1) is 11.7. The van der Waals surface area contributed by atoms with Crippen LogP contribution in [-0.2, 0) is 17.8 Å². The predicted molar refractivity (Wildman–Crippen MR) is 97.6 cm³/mol. The summed E-state index contributed by atoms with van der Waals surface area (Å²) in [5.74, 6) is 0.181. The minimum absolute atomic E-state index is 0.181. The summed E-state index contributed by atoms with van der Waals surface area (Å²) >= 11 is 0. The van der Waals surface area contributed by atoms with E-state index in [0.717, 1.165) is 24.9 Å². The summed E-state index contributed by atoms with van der Waals surface area (Å²) in [6, 6.07) is 18.5. The van der Waals surface area contributed by atoms with Crippen LogP contribution in [0.3, 0.4) is 0 Å². The molecule has 2 aromatic rings. The average molecular weight is 322 g/mol. The molecule has 2 unspecified atom stereocenters. The van der Waals surface area contributed by atoms with Crippen molar-refractivity contribution in [2.75, 3.05) is 6.54 Å². The van der Waals surface area contributed by atoms with Crippen LogP contribution in [0.5, 0.6) is 0 Å². The Hall–Kier alpha value is -2.13. The van der Waals surface area contributed by atoms with Crippen LogP contribution in [0.4, 0.5) is 0 Å². The molecule has 0 radical (unpaired) electrons. The summed E-state index contributed by atoms with van der Waals surface area (Å²) in [4.78, 5) is 15.4. The number of carbonyl (C=O) groups is 1. The van der Waals surface area contributed by atoms with Crippen molar-refractivity contribution in [3.05, 3.63) is 71.3 Å². The van der Waals surface area contributed by atoms with E-state index in [4.69, 9.17) is 0 Å². The van der Waals surface area contributed by atoms with Crippen LogP contribution in [0.1, 0.15) is 43.0 Å². The van der Waals surface area contributed by atoms with Crippen LogP contribution >= 0.6 is 0 Å². The van der Waals surface area contributed by atoms with E-state index in [1.54, 1.807) is 0 Å². The van der Waals surface area contributed by atoms with Gasteiger partial charge in [0, 0.05) is 19.1 Å². The maximum absolute atomic E-state index is 13.3. The van der Waals surface area contributed by atoms with Gasteiger partial charge in [0.1, 0.15) is 6.04 Å². The second-order valence-corrected chi connectivity index (χ2v) is 6.54. The molecule has 0 fully saturated rings. The highest BCUT2D eigenvalue weighted by molar-refractivity contribution is 5.84. The number of rotatable bonds is 5. The van der Waals surface area contributed by atoms with E-state index in [1.807, 2.05) is 29.2 Å². The van der Waals surface area contributed by atoms with Gasteiger partial charge in [-0.05, 0) is 36.5 Å². The Labute approximate surface area is 144 Å². The zero-order chi connectivity index (χ0) is 16.9. The third-order valence-corrected chi connectivity index (χ3v) is 4.96. The first-order valence-electron chi connectivity index (χ1n) is 8.86. The number of nitrogens with zero attached hydrogens (tertiary/aromatic N) is 1. The minimum Gasteiger partial charge on any atom is -0.334 e. The minimum atomic E-state index is -0.229. The van der Waals surface area contributed by atoms with Crippen molar-refractivity contribution >= 4 is 5.91 Å². The van der Waals surface area contributed by atoms with Crippen molar-refractivity contribution < 1.29 is 4.79 Å². The van der Waals surface area contributed by atoms with Gasteiger partial charge in [0.2, 0.25) is 5.91 Å². The summed E-state index contributed by atoms with van der Waals surface area (Å²) in [6.07, 6.45) is 1.94. The summed E-state index contributed by atoms with van der Waals surface area (Å²) in [6.45, 7) is 5.79. The monoisotopic (exact) mass is 322 g/mol. The number of amides is 1. The third-order valence-electron chi connectivity index (χ3n) is 4.96. The number of carbonyl (C=O) groups excluding carboxylic acids is 1. The van der Waals surface area contributed by atoms with Gasteiger partial charge in [-0.3, -0.25) is 4.79 Å². The van der Waals surface area contributed by atoms with Crippen LogP contribution in [-0.4, -0.2) is 23.4 Å². The second kappa shape index (κ2) is 7.63. The molecule has 1 N–H and O–H groups in total. The third kappa shape index (κ3) is 3.51. The van der Waals surface area contributed by atoms with Crippen molar-refractivity contribution in [1.82, 2.24) is 10.2 Å². The Morgan fingerprint density at radius 1 is 1.17 bits per heavy atom. The topological polar surface area (TPSA) is 32.3 Å². The first-order valence-corrected chi connectivity index (χ1v) is 8.86. The van der Waals surface area contributed by atoms with Gasteiger partial charge in [0.25, 0.3) is 0 Å². The lowest BCUT2D eigenvalue weighted by atomic mass is 9.93. The van der Waals surface area contributed by atoms with E-state index >= 15 is 0 Å². The molecule has 126 valence electrons. The molecular weight excluding hydrogens is 296 g/mol. The molecule has 0 saturated carbocycles. The number of benzene rings is 2. The Morgan fingerprint density at radius 2 is 1.88 bits per heavy atom. The lowest BCUT2D eigenvalue weighted by Gasteiger charge is -2.35. The van der Waals surface area contributed by atoms with E-state index in [2.05, 4.69) is 49.5 Å². The Balaban J connectivity index is 1.87. The highest BCUT2D eigenvalue weighted by Gasteiger charge is 2.31. The molecule has 3 rings (SSSR count). The highest BCUT2D eigenvalue weighted by Crippen LogP contribution is 2.26. The maximum atomic E-state index is 13.3. The predicted octanol–water partition coefficient (Wildman–Crippen LogP) is 3.70. The fraction of sp³-hybridized carbons (Fsp3) is 0.381. The van der Waals surface area contributed by atoms with E-state index in [0.29, 0.717) is 6.54 Å². The molecule has 0 aliphatic carbocycles. The van der Waals surface area contributed by atoms with Gasteiger partial charge in [-0.25, -0.2) is 0 Å². The molecule has 24 heavy (non-hydrogen) atoms. The molecular formula is C21H26N2O. The molecule has 2 atom stereocenters. The molecule has 0 bridgehead atoms. The fourth-order valence-corrected chi connectivity index (χ4v) is 3.34.